The predicted molar refractivity (Wildman–Crippen MR) is 121 cm³/mol. The van der Waals surface area contributed by atoms with Crippen molar-refractivity contribution in [3.05, 3.63) is 71.3 Å². The number of anilines is 3. The van der Waals surface area contributed by atoms with Crippen LogP contribution in [0.5, 0.6) is 11.6 Å². The average Bonchev–Trinajstić information content (AvgIpc) is 3.22. The van der Waals surface area contributed by atoms with E-state index in [1.165, 1.54) is 19.2 Å². The van der Waals surface area contributed by atoms with Crippen LogP contribution in [0.15, 0.2) is 54.7 Å². The van der Waals surface area contributed by atoms with Crippen LogP contribution in [0.3, 0.4) is 0 Å². The number of H-pyrrole nitrogens is 1. The Hall–Kier alpha value is -5.08. The normalized spacial score (nSPS) is 11.3. The summed E-state index contributed by atoms with van der Waals surface area (Å²) >= 11 is 0. The minimum Gasteiger partial charge on any atom is -0.616 e. The molecule has 2 heterocycles. The van der Waals surface area contributed by atoms with Gasteiger partial charge >= 0.3 is 24.2 Å². The number of hydrogen-bond acceptors (Lipinski definition) is 6. The second kappa shape index (κ2) is 9.52. The number of urea groups is 1. The van der Waals surface area contributed by atoms with E-state index in [1.54, 1.807) is 6.07 Å². The molecule has 2 aromatic carbocycles. The number of halogens is 4. The number of ether oxygens (including phenoxy) is 2. The fourth-order valence-electron chi connectivity index (χ4n) is 3.29. The minimum atomic E-state index is -4.81. The van der Waals surface area contributed by atoms with E-state index in [9.17, 15) is 32.4 Å². The van der Waals surface area contributed by atoms with Gasteiger partial charge in [-0.3, -0.25) is 10.2 Å². The van der Waals surface area contributed by atoms with Crippen LogP contribution < -0.4 is 25.4 Å². The molecular weight excluding hydrogens is 504 g/mol. The van der Waals surface area contributed by atoms with Gasteiger partial charge in [-0.15, -0.1) is 4.73 Å². The number of carbonyl (C=O) groups is 2. The Kier molecular flexibility index (Phi) is 6.44. The van der Waals surface area contributed by atoms with Crippen molar-refractivity contribution in [2.75, 3.05) is 17.3 Å². The first-order valence-corrected chi connectivity index (χ1v) is 10.2. The number of aromatic nitrogens is 3. The third-order valence-corrected chi connectivity index (χ3v) is 4.94. The molecule has 0 aliphatic heterocycles. The number of benzene rings is 2. The molecule has 0 saturated heterocycles. The molecule has 0 aliphatic carbocycles. The number of alkyl halides is 3. The summed E-state index contributed by atoms with van der Waals surface area (Å²) in [5, 5.41) is 15.0. The van der Waals surface area contributed by atoms with Crippen molar-refractivity contribution in [3.63, 3.8) is 0 Å². The van der Waals surface area contributed by atoms with Gasteiger partial charge in [0.1, 0.15) is 17.3 Å². The Morgan fingerprint density at radius 3 is 2.57 bits per heavy atom. The number of nitrogens with two attached hydrogens (primary N) is 1. The third kappa shape index (κ3) is 5.29. The van der Waals surface area contributed by atoms with E-state index in [0.717, 1.165) is 18.3 Å². The summed E-state index contributed by atoms with van der Waals surface area (Å²) in [4.78, 5) is 30.7. The Bertz CT molecular complexity index is 1510. The number of methoxy groups -OCH3 is 1. The molecule has 0 aliphatic rings. The van der Waals surface area contributed by atoms with Gasteiger partial charge in [-0.25, -0.2) is 19.0 Å². The van der Waals surface area contributed by atoms with Gasteiger partial charge in [0.2, 0.25) is 12.1 Å². The molecule has 37 heavy (non-hydrogen) atoms. The lowest BCUT2D eigenvalue weighted by Gasteiger charge is -2.21. The van der Waals surface area contributed by atoms with Crippen LogP contribution in [0.4, 0.5) is 44.5 Å². The summed E-state index contributed by atoms with van der Waals surface area (Å²) in [5.41, 5.74) is 3.87. The molecule has 4 aromatic rings. The largest absolute Gasteiger partial charge is 0.616 e. The first kappa shape index (κ1) is 25.0. The molecule has 0 fully saturated rings. The maximum absolute atomic E-state index is 14.4. The lowest BCUT2D eigenvalue weighted by molar-refractivity contribution is -0.610. The second-order valence-electron chi connectivity index (χ2n) is 7.37. The van der Waals surface area contributed by atoms with Crippen LogP contribution in [0.2, 0.25) is 0 Å². The molecule has 0 bridgehead atoms. The number of pyridine rings is 1. The van der Waals surface area contributed by atoms with Crippen LogP contribution in [0.25, 0.3) is 11.0 Å². The van der Waals surface area contributed by atoms with Gasteiger partial charge in [-0.1, -0.05) is 0 Å². The Labute approximate surface area is 204 Å². The molecule has 0 radical (unpaired) electrons. The second-order valence-corrected chi connectivity index (χ2v) is 7.37. The maximum atomic E-state index is 14.4. The summed E-state index contributed by atoms with van der Waals surface area (Å²) in [6, 6.07) is 6.88. The zero-order chi connectivity index (χ0) is 26.9. The summed E-state index contributed by atoms with van der Waals surface area (Å²) < 4.78 is 63.9. The molecule has 4 rings (SSSR count). The predicted octanol–water partition coefficient (Wildman–Crippen LogP) is 4.54. The zero-order valence-electron chi connectivity index (χ0n) is 18.7. The number of aromatic amines is 1. The Morgan fingerprint density at radius 2 is 1.92 bits per heavy atom. The summed E-state index contributed by atoms with van der Waals surface area (Å²) in [7, 11) is 1.19. The molecule has 0 spiro atoms. The third-order valence-electron chi connectivity index (χ3n) is 4.94. The van der Waals surface area contributed by atoms with Crippen LogP contribution >= 0.6 is 0 Å². The average molecular weight is 520 g/mol. The highest BCUT2D eigenvalue weighted by Crippen LogP contribution is 2.35. The van der Waals surface area contributed by atoms with Gasteiger partial charge in [0, 0.05) is 6.07 Å². The monoisotopic (exact) mass is 520 g/mol. The Morgan fingerprint density at radius 1 is 1.16 bits per heavy atom. The summed E-state index contributed by atoms with van der Waals surface area (Å²) in [6.07, 6.45) is -4.77. The van der Waals surface area contributed by atoms with Crippen LogP contribution in [-0.2, 0) is 10.9 Å². The van der Waals surface area contributed by atoms with E-state index in [-0.39, 0.29) is 28.0 Å². The van der Waals surface area contributed by atoms with E-state index in [4.69, 9.17) is 10.5 Å². The maximum Gasteiger partial charge on any atom is 0.416 e. The number of hydrogen-bond donors (Lipinski definition) is 3. The minimum absolute atomic E-state index is 0.107. The number of nitrogens with zero attached hydrogens (tertiary/aromatic N) is 3. The first-order chi connectivity index (χ1) is 17.5. The van der Waals surface area contributed by atoms with Gasteiger partial charge in [0.25, 0.3) is 0 Å². The zero-order valence-corrected chi connectivity index (χ0v) is 18.7. The van der Waals surface area contributed by atoms with Crippen molar-refractivity contribution in [3.8, 4) is 11.6 Å². The van der Waals surface area contributed by atoms with Gasteiger partial charge in [-0.05, 0) is 36.4 Å². The highest BCUT2D eigenvalue weighted by Gasteiger charge is 2.33. The molecule has 3 amide bonds. The fourth-order valence-corrected chi connectivity index (χ4v) is 3.29. The fraction of sp³-hybridized carbons (Fsp3) is 0.0909. The van der Waals surface area contributed by atoms with E-state index in [0.29, 0.717) is 34.1 Å². The number of carbonyl (C=O) groups excluding carboxylic acids is 2. The van der Waals surface area contributed by atoms with E-state index in [2.05, 4.69) is 20.0 Å². The van der Waals surface area contributed by atoms with E-state index >= 15 is 0 Å². The number of imidazole rings is 1. The van der Waals surface area contributed by atoms with Gasteiger partial charge in [0.15, 0.2) is 0 Å². The van der Waals surface area contributed by atoms with Crippen LogP contribution in [0.1, 0.15) is 5.56 Å². The lowest BCUT2D eigenvalue weighted by atomic mass is 10.1. The number of amides is 3. The smallest absolute Gasteiger partial charge is 0.416 e. The van der Waals surface area contributed by atoms with Gasteiger partial charge in [-0.2, -0.15) is 13.2 Å². The van der Waals surface area contributed by atoms with Crippen molar-refractivity contribution >= 4 is 40.5 Å². The van der Waals surface area contributed by atoms with Crippen molar-refractivity contribution in [1.29, 1.82) is 0 Å². The molecule has 2 aromatic heterocycles. The standard InChI is InChI=1S/C22H16F4N6O5/c1-36-21(34)30-20-28-15-6-4-13(9-16(15)29-20)37-18-7-3-12(10-31(18)35)32(19(27)33)17-8-11(22(24,25)26)2-5-14(17)23/h2-10H,1H3,(H2,27,33)(H2,28,29,30,34). The van der Waals surface area contributed by atoms with E-state index < -0.39 is 35.4 Å². The number of primary amides is 1. The number of nitrogens with one attached hydrogen (secondary N) is 2. The summed E-state index contributed by atoms with van der Waals surface area (Å²) in [5.74, 6) is -1.17. The SMILES string of the molecule is COC(=O)Nc1nc2ccc(Oc3ccc(N(C(N)=O)c4cc(C(F)(F)F)ccc4F)c[n+]3[O-])cc2[nH]1. The molecule has 11 nitrogen and oxygen atoms in total. The molecule has 0 unspecified atom stereocenters. The topological polar surface area (TPSA) is 150 Å². The quantitative estimate of drug-likeness (QED) is 0.200. The molecule has 192 valence electrons. The number of fused-ring (bicyclic) bond motifs is 1. The van der Waals surface area contributed by atoms with Crippen LogP contribution in [0, 0.1) is 11.0 Å². The molecule has 0 saturated carbocycles. The lowest BCUT2D eigenvalue weighted by Crippen LogP contribution is -2.35. The molecular formula is C22H16F4N6O5. The van der Waals surface area contributed by atoms with Crippen molar-refractivity contribution < 1.29 is 41.4 Å². The Balaban J connectivity index is 1.62. The van der Waals surface area contributed by atoms with E-state index in [1.807, 2.05) is 0 Å². The van der Waals surface area contributed by atoms with Crippen molar-refractivity contribution in [2.45, 2.75) is 6.18 Å². The number of rotatable bonds is 5. The molecule has 15 heteroatoms. The molecule has 4 N–H and O–H groups in total. The summed E-state index contributed by atoms with van der Waals surface area (Å²) in [6.45, 7) is 0. The van der Waals surface area contributed by atoms with Gasteiger partial charge in [0.05, 0.1) is 35.5 Å². The highest BCUT2D eigenvalue weighted by molar-refractivity contribution is 5.98. The highest BCUT2D eigenvalue weighted by atomic mass is 19.4. The van der Waals surface area contributed by atoms with Crippen molar-refractivity contribution in [1.82, 2.24) is 9.97 Å². The molecule has 0 atom stereocenters. The van der Waals surface area contributed by atoms with Crippen LogP contribution in [-0.4, -0.2) is 29.2 Å². The first-order valence-electron chi connectivity index (χ1n) is 10.2. The van der Waals surface area contributed by atoms with Gasteiger partial charge < -0.3 is 25.4 Å². The van der Waals surface area contributed by atoms with Crippen molar-refractivity contribution in [2.24, 2.45) is 5.73 Å².